The largest absolute Gasteiger partial charge is 0.390 e. The Kier molecular flexibility index (Phi) is 3.10. The van der Waals surface area contributed by atoms with Gasteiger partial charge < -0.3 is 5.11 Å². The van der Waals surface area contributed by atoms with Crippen LogP contribution in [0.25, 0.3) is 0 Å². The first-order valence-electron chi connectivity index (χ1n) is 5.91. The second-order valence-electron chi connectivity index (χ2n) is 4.86. The molecule has 1 N–H and O–H groups in total. The molecule has 0 aromatic heterocycles. The summed E-state index contributed by atoms with van der Waals surface area (Å²) in [6, 6.07) is 7.61. The van der Waals surface area contributed by atoms with E-state index in [4.69, 9.17) is 0 Å². The second kappa shape index (κ2) is 4.38. The van der Waals surface area contributed by atoms with Crippen molar-refractivity contribution < 1.29 is 9.90 Å². The Bertz CT molecular complexity index is 389. The van der Waals surface area contributed by atoms with E-state index in [9.17, 15) is 9.90 Å². The van der Waals surface area contributed by atoms with E-state index < -0.39 is 5.60 Å². The lowest BCUT2D eigenvalue weighted by atomic mass is 9.92. The van der Waals surface area contributed by atoms with Gasteiger partial charge in [0.1, 0.15) is 0 Å². The van der Waals surface area contributed by atoms with Crippen molar-refractivity contribution in [2.45, 2.75) is 44.6 Å². The van der Waals surface area contributed by atoms with E-state index >= 15 is 0 Å². The molecule has 2 rings (SSSR count). The predicted molar refractivity (Wildman–Crippen MR) is 63.6 cm³/mol. The Hall–Kier alpha value is -1.15. The molecule has 1 saturated carbocycles. The second-order valence-corrected chi connectivity index (χ2v) is 4.86. The standard InChI is InChI=1S/C14H18O2/c1-11(15)13-6-4-5-12(9-13)10-14(16)7-2-3-8-14/h4-6,9,16H,2-3,7-8,10H2,1H3. The molecule has 0 bridgehead atoms. The molecule has 0 radical (unpaired) electrons. The smallest absolute Gasteiger partial charge is 0.159 e. The molecule has 86 valence electrons. The molecule has 1 aromatic carbocycles. The lowest BCUT2D eigenvalue weighted by Crippen LogP contribution is -2.27. The van der Waals surface area contributed by atoms with Crippen LogP contribution in [0.3, 0.4) is 0 Å². The van der Waals surface area contributed by atoms with Gasteiger partial charge in [0, 0.05) is 12.0 Å². The zero-order valence-corrected chi connectivity index (χ0v) is 9.70. The minimum atomic E-state index is -0.532. The van der Waals surface area contributed by atoms with Crippen molar-refractivity contribution in [3.63, 3.8) is 0 Å². The zero-order chi connectivity index (χ0) is 11.6. The van der Waals surface area contributed by atoms with E-state index in [-0.39, 0.29) is 5.78 Å². The fourth-order valence-electron chi connectivity index (χ4n) is 2.49. The van der Waals surface area contributed by atoms with Crippen LogP contribution >= 0.6 is 0 Å². The van der Waals surface area contributed by atoms with Gasteiger partial charge in [0.15, 0.2) is 5.78 Å². The summed E-state index contributed by atoms with van der Waals surface area (Å²) in [4.78, 5) is 11.3. The van der Waals surface area contributed by atoms with Gasteiger partial charge in [-0.15, -0.1) is 0 Å². The number of hydrogen-bond donors (Lipinski definition) is 1. The van der Waals surface area contributed by atoms with Gasteiger partial charge in [0.25, 0.3) is 0 Å². The highest BCUT2D eigenvalue weighted by Gasteiger charge is 2.31. The lowest BCUT2D eigenvalue weighted by molar-refractivity contribution is 0.0481. The molecule has 0 spiro atoms. The number of Topliss-reactive ketones (excluding diaryl/α,β-unsaturated/α-hetero) is 1. The van der Waals surface area contributed by atoms with Gasteiger partial charge in [0.2, 0.25) is 0 Å². The SMILES string of the molecule is CC(=O)c1cccc(CC2(O)CCCC2)c1. The Labute approximate surface area is 96.3 Å². The van der Waals surface area contributed by atoms with E-state index in [1.807, 2.05) is 24.3 Å². The molecule has 2 heteroatoms. The molecule has 1 aliphatic carbocycles. The van der Waals surface area contributed by atoms with E-state index in [1.54, 1.807) is 6.92 Å². The topological polar surface area (TPSA) is 37.3 Å². The van der Waals surface area contributed by atoms with E-state index in [0.717, 1.165) is 36.8 Å². The minimum Gasteiger partial charge on any atom is -0.390 e. The Morgan fingerprint density at radius 3 is 2.69 bits per heavy atom. The summed E-state index contributed by atoms with van der Waals surface area (Å²) in [5.41, 5.74) is 1.27. The normalized spacial score (nSPS) is 18.6. The van der Waals surface area contributed by atoms with Crippen molar-refractivity contribution in [3.05, 3.63) is 35.4 Å². The summed E-state index contributed by atoms with van der Waals surface area (Å²) < 4.78 is 0. The molecule has 0 unspecified atom stereocenters. The Balaban J connectivity index is 2.15. The molecule has 0 atom stereocenters. The Morgan fingerprint density at radius 1 is 1.38 bits per heavy atom. The average Bonchev–Trinajstić information content (AvgIpc) is 2.65. The molecule has 0 aliphatic heterocycles. The number of ketones is 1. The van der Waals surface area contributed by atoms with Gasteiger partial charge in [-0.2, -0.15) is 0 Å². The van der Waals surface area contributed by atoms with Crippen molar-refractivity contribution in [1.29, 1.82) is 0 Å². The van der Waals surface area contributed by atoms with Crippen LogP contribution in [0, 0.1) is 0 Å². The van der Waals surface area contributed by atoms with Gasteiger partial charge in [-0.3, -0.25) is 4.79 Å². The van der Waals surface area contributed by atoms with E-state index in [0.29, 0.717) is 6.42 Å². The molecule has 0 amide bonds. The highest BCUT2D eigenvalue weighted by atomic mass is 16.3. The summed E-state index contributed by atoms with van der Waals surface area (Å²) in [7, 11) is 0. The number of carbonyl (C=O) groups excluding carboxylic acids is 1. The number of benzene rings is 1. The van der Waals surface area contributed by atoms with E-state index in [2.05, 4.69) is 0 Å². The maximum absolute atomic E-state index is 11.3. The average molecular weight is 218 g/mol. The summed E-state index contributed by atoms with van der Waals surface area (Å²) in [5.74, 6) is 0.0836. The molecular formula is C14H18O2. The van der Waals surface area contributed by atoms with Crippen LogP contribution in [0.1, 0.15) is 48.5 Å². The van der Waals surface area contributed by atoms with Crippen LogP contribution in [-0.4, -0.2) is 16.5 Å². The third-order valence-corrected chi connectivity index (χ3v) is 3.40. The van der Waals surface area contributed by atoms with Crippen molar-refractivity contribution in [2.75, 3.05) is 0 Å². The number of rotatable bonds is 3. The van der Waals surface area contributed by atoms with Crippen molar-refractivity contribution in [3.8, 4) is 0 Å². The Morgan fingerprint density at radius 2 is 2.06 bits per heavy atom. The quantitative estimate of drug-likeness (QED) is 0.792. The molecule has 0 heterocycles. The van der Waals surface area contributed by atoms with Gasteiger partial charge in [-0.1, -0.05) is 31.0 Å². The van der Waals surface area contributed by atoms with Gasteiger partial charge in [0.05, 0.1) is 5.60 Å². The van der Waals surface area contributed by atoms with Crippen LogP contribution < -0.4 is 0 Å². The maximum atomic E-state index is 11.3. The zero-order valence-electron chi connectivity index (χ0n) is 9.70. The highest BCUT2D eigenvalue weighted by Crippen LogP contribution is 2.32. The van der Waals surface area contributed by atoms with Crippen LogP contribution in [0.5, 0.6) is 0 Å². The highest BCUT2D eigenvalue weighted by molar-refractivity contribution is 5.94. The fraction of sp³-hybridized carbons (Fsp3) is 0.500. The first kappa shape index (κ1) is 11.3. The first-order chi connectivity index (χ1) is 7.59. The number of aliphatic hydroxyl groups is 1. The van der Waals surface area contributed by atoms with E-state index in [1.165, 1.54) is 0 Å². The predicted octanol–water partition coefficient (Wildman–Crippen LogP) is 2.74. The minimum absolute atomic E-state index is 0.0836. The summed E-state index contributed by atoms with van der Waals surface area (Å²) in [6.45, 7) is 1.57. The first-order valence-corrected chi connectivity index (χ1v) is 5.91. The van der Waals surface area contributed by atoms with Gasteiger partial charge in [-0.05, 0) is 31.4 Å². The van der Waals surface area contributed by atoms with Gasteiger partial charge in [-0.25, -0.2) is 0 Å². The monoisotopic (exact) mass is 218 g/mol. The number of carbonyl (C=O) groups is 1. The molecule has 1 aliphatic rings. The summed E-state index contributed by atoms with van der Waals surface area (Å²) >= 11 is 0. The van der Waals surface area contributed by atoms with Gasteiger partial charge >= 0.3 is 0 Å². The molecule has 0 saturated heterocycles. The molecule has 2 nitrogen and oxygen atoms in total. The number of hydrogen-bond acceptors (Lipinski definition) is 2. The van der Waals surface area contributed by atoms with Crippen LogP contribution in [-0.2, 0) is 6.42 Å². The fourth-order valence-corrected chi connectivity index (χ4v) is 2.49. The third-order valence-electron chi connectivity index (χ3n) is 3.40. The van der Waals surface area contributed by atoms with Crippen molar-refractivity contribution in [2.24, 2.45) is 0 Å². The summed E-state index contributed by atoms with van der Waals surface area (Å²) in [5, 5.41) is 10.3. The van der Waals surface area contributed by atoms with Crippen molar-refractivity contribution >= 4 is 5.78 Å². The van der Waals surface area contributed by atoms with Crippen LogP contribution in [0.2, 0.25) is 0 Å². The van der Waals surface area contributed by atoms with Crippen LogP contribution in [0.15, 0.2) is 24.3 Å². The summed E-state index contributed by atoms with van der Waals surface area (Å²) in [6.07, 6.45) is 4.68. The van der Waals surface area contributed by atoms with Crippen molar-refractivity contribution in [1.82, 2.24) is 0 Å². The molecule has 16 heavy (non-hydrogen) atoms. The lowest BCUT2D eigenvalue weighted by Gasteiger charge is -2.22. The third kappa shape index (κ3) is 2.50. The molecule has 1 aromatic rings. The maximum Gasteiger partial charge on any atom is 0.159 e. The molecule has 1 fully saturated rings. The van der Waals surface area contributed by atoms with Crippen LogP contribution in [0.4, 0.5) is 0 Å². The molecular weight excluding hydrogens is 200 g/mol.